The van der Waals surface area contributed by atoms with Crippen molar-refractivity contribution in [3.05, 3.63) is 94.3 Å². The smallest absolute Gasteiger partial charge is 0.337 e. The molecule has 0 fully saturated rings. The van der Waals surface area contributed by atoms with Crippen LogP contribution in [0.5, 0.6) is 5.75 Å². The molecule has 0 saturated heterocycles. The number of esters is 1. The van der Waals surface area contributed by atoms with Gasteiger partial charge in [-0.15, -0.1) is 0 Å². The summed E-state index contributed by atoms with van der Waals surface area (Å²) in [6.45, 7) is 2.71. The molecular formula is C25H23ClN2O3. The van der Waals surface area contributed by atoms with Crippen LogP contribution in [0, 0.1) is 0 Å². The average molecular weight is 435 g/mol. The normalized spacial score (nSPS) is 12.0. The van der Waals surface area contributed by atoms with Gasteiger partial charge in [-0.05, 0) is 41.5 Å². The second-order valence-corrected chi connectivity index (χ2v) is 7.74. The number of methoxy groups -OCH3 is 2. The highest BCUT2D eigenvalue weighted by Gasteiger charge is 2.20. The second kappa shape index (κ2) is 8.82. The summed E-state index contributed by atoms with van der Waals surface area (Å²) >= 11 is 6.45. The van der Waals surface area contributed by atoms with E-state index < -0.39 is 0 Å². The van der Waals surface area contributed by atoms with E-state index in [2.05, 4.69) is 11.5 Å². The van der Waals surface area contributed by atoms with E-state index in [1.54, 1.807) is 19.2 Å². The van der Waals surface area contributed by atoms with Gasteiger partial charge in [0.25, 0.3) is 0 Å². The first-order chi connectivity index (χ1) is 15.0. The lowest BCUT2D eigenvalue weighted by molar-refractivity contribution is 0.0600. The number of imidazole rings is 1. The van der Waals surface area contributed by atoms with Crippen molar-refractivity contribution in [3.63, 3.8) is 0 Å². The minimum Gasteiger partial charge on any atom is -0.497 e. The van der Waals surface area contributed by atoms with Gasteiger partial charge < -0.3 is 14.0 Å². The molecule has 1 atom stereocenters. The summed E-state index contributed by atoms with van der Waals surface area (Å²) in [6.07, 6.45) is 0. The molecule has 158 valence electrons. The number of halogens is 1. The molecule has 0 bridgehead atoms. The third-order valence-electron chi connectivity index (χ3n) is 5.49. The highest BCUT2D eigenvalue weighted by atomic mass is 35.5. The predicted molar refractivity (Wildman–Crippen MR) is 122 cm³/mol. The van der Waals surface area contributed by atoms with E-state index in [4.69, 9.17) is 26.1 Å². The zero-order valence-electron chi connectivity index (χ0n) is 17.6. The summed E-state index contributed by atoms with van der Waals surface area (Å²) in [6, 6.07) is 21.2. The standard InChI is InChI=1S/C25H23ClN2O3/c1-16(17-8-10-18(11-9-17)25(29)31-3)24-27-22-14-20(30-2)12-13-23(22)28(24)15-19-6-4-5-7-21(19)26/h4-14,16H,15H2,1-3H3. The quantitative estimate of drug-likeness (QED) is 0.366. The SMILES string of the molecule is COC(=O)c1ccc(C(C)c2nc3cc(OC)ccc3n2Cc2ccccc2Cl)cc1. The lowest BCUT2D eigenvalue weighted by atomic mass is 9.99. The van der Waals surface area contributed by atoms with Crippen molar-refractivity contribution in [2.24, 2.45) is 0 Å². The van der Waals surface area contributed by atoms with Gasteiger partial charge in [0.1, 0.15) is 11.6 Å². The van der Waals surface area contributed by atoms with Crippen LogP contribution in [0.2, 0.25) is 5.02 Å². The summed E-state index contributed by atoms with van der Waals surface area (Å²) in [5.41, 5.74) is 4.46. The topological polar surface area (TPSA) is 53.4 Å². The third kappa shape index (κ3) is 4.14. The number of fused-ring (bicyclic) bond motifs is 1. The molecule has 6 heteroatoms. The summed E-state index contributed by atoms with van der Waals surface area (Å²) in [5.74, 6) is 1.32. The summed E-state index contributed by atoms with van der Waals surface area (Å²) in [5, 5.41) is 0.721. The molecule has 0 amide bonds. The number of ether oxygens (including phenoxy) is 2. The summed E-state index contributed by atoms with van der Waals surface area (Å²) < 4.78 is 12.4. The van der Waals surface area contributed by atoms with Gasteiger partial charge in [0.2, 0.25) is 0 Å². The number of aromatic nitrogens is 2. The van der Waals surface area contributed by atoms with E-state index in [9.17, 15) is 4.79 Å². The van der Waals surface area contributed by atoms with Gasteiger partial charge in [0, 0.05) is 17.0 Å². The fourth-order valence-corrected chi connectivity index (χ4v) is 3.92. The van der Waals surface area contributed by atoms with Crippen molar-refractivity contribution in [2.75, 3.05) is 14.2 Å². The van der Waals surface area contributed by atoms with Crippen LogP contribution in [0.25, 0.3) is 11.0 Å². The average Bonchev–Trinajstić information content (AvgIpc) is 3.17. The zero-order chi connectivity index (χ0) is 22.0. The van der Waals surface area contributed by atoms with Gasteiger partial charge in [0.15, 0.2) is 0 Å². The molecule has 5 nitrogen and oxygen atoms in total. The molecule has 1 unspecified atom stereocenters. The van der Waals surface area contributed by atoms with E-state index in [0.717, 1.165) is 38.8 Å². The van der Waals surface area contributed by atoms with Crippen LogP contribution < -0.4 is 4.74 Å². The van der Waals surface area contributed by atoms with E-state index in [1.165, 1.54) is 7.11 Å². The Morgan fingerprint density at radius 2 is 1.81 bits per heavy atom. The Bertz CT molecular complexity index is 1230. The molecule has 0 radical (unpaired) electrons. The van der Waals surface area contributed by atoms with Crippen LogP contribution in [0.15, 0.2) is 66.7 Å². The van der Waals surface area contributed by atoms with Gasteiger partial charge in [0.05, 0.1) is 37.4 Å². The third-order valence-corrected chi connectivity index (χ3v) is 5.86. The Kier molecular flexibility index (Phi) is 5.96. The van der Waals surface area contributed by atoms with Crippen molar-refractivity contribution < 1.29 is 14.3 Å². The van der Waals surface area contributed by atoms with Crippen LogP contribution in [0.1, 0.15) is 40.2 Å². The van der Waals surface area contributed by atoms with Crippen LogP contribution in [-0.2, 0) is 11.3 Å². The molecule has 0 aliphatic rings. The van der Waals surface area contributed by atoms with Crippen molar-refractivity contribution in [1.29, 1.82) is 0 Å². The van der Waals surface area contributed by atoms with E-state index in [0.29, 0.717) is 12.1 Å². The fraction of sp³-hybridized carbons (Fsp3) is 0.200. The molecule has 1 aromatic heterocycles. The van der Waals surface area contributed by atoms with E-state index >= 15 is 0 Å². The number of carbonyl (C=O) groups excluding carboxylic acids is 1. The monoisotopic (exact) mass is 434 g/mol. The molecule has 1 heterocycles. The molecule has 0 spiro atoms. The largest absolute Gasteiger partial charge is 0.497 e. The van der Waals surface area contributed by atoms with Gasteiger partial charge in [-0.2, -0.15) is 0 Å². The Labute approximate surface area is 186 Å². The van der Waals surface area contributed by atoms with Gasteiger partial charge in [-0.25, -0.2) is 9.78 Å². The first-order valence-corrected chi connectivity index (χ1v) is 10.4. The minimum atomic E-state index is -0.350. The molecule has 31 heavy (non-hydrogen) atoms. The molecule has 4 aromatic rings. The first-order valence-electron chi connectivity index (χ1n) is 9.97. The number of carbonyl (C=O) groups is 1. The van der Waals surface area contributed by atoms with Gasteiger partial charge in [-0.1, -0.05) is 48.9 Å². The maximum atomic E-state index is 11.8. The molecule has 0 aliphatic carbocycles. The molecule has 0 N–H and O–H groups in total. The predicted octanol–water partition coefficient (Wildman–Crippen LogP) is 5.69. The lowest BCUT2D eigenvalue weighted by Crippen LogP contribution is -2.10. The molecule has 3 aromatic carbocycles. The van der Waals surface area contributed by atoms with Gasteiger partial charge >= 0.3 is 5.97 Å². The van der Waals surface area contributed by atoms with E-state index in [1.807, 2.05) is 54.6 Å². The number of hydrogen-bond acceptors (Lipinski definition) is 4. The second-order valence-electron chi connectivity index (χ2n) is 7.34. The zero-order valence-corrected chi connectivity index (χ0v) is 18.4. The maximum Gasteiger partial charge on any atom is 0.337 e. The highest BCUT2D eigenvalue weighted by Crippen LogP contribution is 2.31. The summed E-state index contributed by atoms with van der Waals surface area (Å²) in [4.78, 5) is 16.7. The van der Waals surface area contributed by atoms with Crippen molar-refractivity contribution in [1.82, 2.24) is 9.55 Å². The summed E-state index contributed by atoms with van der Waals surface area (Å²) in [7, 11) is 3.03. The minimum absolute atomic E-state index is 0.00687. The number of rotatable bonds is 6. The van der Waals surface area contributed by atoms with Crippen LogP contribution in [0.4, 0.5) is 0 Å². The number of benzene rings is 3. The number of nitrogens with zero attached hydrogens (tertiary/aromatic N) is 2. The van der Waals surface area contributed by atoms with Crippen LogP contribution in [0.3, 0.4) is 0 Å². The van der Waals surface area contributed by atoms with Crippen molar-refractivity contribution in [2.45, 2.75) is 19.4 Å². The first kappa shape index (κ1) is 20.9. The molecular weight excluding hydrogens is 412 g/mol. The fourth-order valence-electron chi connectivity index (χ4n) is 3.72. The Morgan fingerprint density at radius 1 is 1.06 bits per heavy atom. The van der Waals surface area contributed by atoms with Crippen molar-refractivity contribution in [3.8, 4) is 5.75 Å². The van der Waals surface area contributed by atoms with Crippen LogP contribution >= 0.6 is 11.6 Å². The van der Waals surface area contributed by atoms with Gasteiger partial charge in [-0.3, -0.25) is 0 Å². The Balaban J connectivity index is 1.80. The van der Waals surface area contributed by atoms with E-state index in [-0.39, 0.29) is 11.9 Å². The number of hydrogen-bond donors (Lipinski definition) is 0. The Morgan fingerprint density at radius 3 is 2.48 bits per heavy atom. The highest BCUT2D eigenvalue weighted by molar-refractivity contribution is 6.31. The van der Waals surface area contributed by atoms with Crippen molar-refractivity contribution >= 4 is 28.6 Å². The molecule has 0 aliphatic heterocycles. The van der Waals surface area contributed by atoms with Crippen LogP contribution in [-0.4, -0.2) is 29.7 Å². The lowest BCUT2D eigenvalue weighted by Gasteiger charge is -2.16. The molecule has 0 saturated carbocycles. The molecule has 4 rings (SSSR count). The Hall–Kier alpha value is -3.31. The maximum absolute atomic E-state index is 11.8.